The molecular weight excluding hydrogens is 381 g/mol. The van der Waals surface area contributed by atoms with E-state index < -0.39 is 0 Å². The number of likely N-dealkylation sites (tertiary alicyclic amines) is 1. The molecule has 6 heteroatoms. The topological polar surface area (TPSA) is 44.8 Å². The minimum Gasteiger partial charge on any atom is -0.490 e. The van der Waals surface area contributed by atoms with E-state index in [1.54, 1.807) is 12.1 Å². The summed E-state index contributed by atoms with van der Waals surface area (Å²) < 4.78 is 19.1. The van der Waals surface area contributed by atoms with Gasteiger partial charge in [-0.05, 0) is 61.7 Å². The van der Waals surface area contributed by atoms with E-state index in [0.29, 0.717) is 31.7 Å². The second-order valence-electron chi connectivity index (χ2n) is 8.57. The Labute approximate surface area is 177 Å². The van der Waals surface area contributed by atoms with Crippen LogP contribution in [0.15, 0.2) is 48.5 Å². The Bertz CT molecular complexity index is 831. The van der Waals surface area contributed by atoms with E-state index in [1.165, 1.54) is 18.6 Å². The van der Waals surface area contributed by atoms with Crippen LogP contribution in [-0.4, -0.2) is 48.6 Å². The number of carbonyl (C=O) groups is 1. The highest BCUT2D eigenvalue weighted by atomic mass is 19.1. The van der Waals surface area contributed by atoms with Gasteiger partial charge in [-0.3, -0.25) is 0 Å². The van der Waals surface area contributed by atoms with Crippen molar-refractivity contribution in [3.63, 3.8) is 0 Å². The smallest absolute Gasteiger partial charge is 0.317 e. The van der Waals surface area contributed by atoms with Gasteiger partial charge in [0.05, 0.1) is 6.10 Å². The monoisotopic (exact) mass is 411 g/mol. The van der Waals surface area contributed by atoms with Gasteiger partial charge in [-0.2, -0.15) is 0 Å². The number of benzene rings is 2. The third-order valence-corrected chi connectivity index (χ3v) is 5.91. The molecule has 0 bridgehead atoms. The Morgan fingerprint density at radius 2 is 1.77 bits per heavy atom. The average molecular weight is 412 g/mol. The summed E-state index contributed by atoms with van der Waals surface area (Å²) in [5.41, 5.74) is 1.96. The van der Waals surface area contributed by atoms with E-state index >= 15 is 0 Å². The zero-order chi connectivity index (χ0) is 20.9. The molecule has 0 unspecified atom stereocenters. The van der Waals surface area contributed by atoms with Gasteiger partial charge in [-0.1, -0.05) is 24.3 Å². The molecule has 0 spiro atoms. The van der Waals surface area contributed by atoms with Gasteiger partial charge in [0.1, 0.15) is 11.6 Å². The van der Waals surface area contributed by atoms with Crippen molar-refractivity contribution in [1.82, 2.24) is 15.1 Å². The highest BCUT2D eigenvalue weighted by Crippen LogP contribution is 2.25. The lowest BCUT2D eigenvalue weighted by Crippen LogP contribution is -2.51. The van der Waals surface area contributed by atoms with Gasteiger partial charge in [-0.15, -0.1) is 0 Å². The maximum atomic E-state index is 13.2. The van der Waals surface area contributed by atoms with Crippen molar-refractivity contribution in [2.45, 2.75) is 38.5 Å². The van der Waals surface area contributed by atoms with Gasteiger partial charge in [0, 0.05) is 38.6 Å². The predicted molar refractivity (Wildman–Crippen MR) is 115 cm³/mol. The summed E-state index contributed by atoms with van der Waals surface area (Å²) in [6.07, 6.45) is 3.89. The summed E-state index contributed by atoms with van der Waals surface area (Å²) in [6.45, 7) is 3.63. The normalized spacial score (nSPS) is 17.1. The summed E-state index contributed by atoms with van der Waals surface area (Å²) in [4.78, 5) is 17.0. The van der Waals surface area contributed by atoms with Crippen molar-refractivity contribution in [3.05, 3.63) is 65.5 Å². The fourth-order valence-corrected chi connectivity index (χ4v) is 3.94. The molecule has 1 aliphatic heterocycles. The second-order valence-corrected chi connectivity index (χ2v) is 8.57. The van der Waals surface area contributed by atoms with Crippen molar-refractivity contribution >= 4 is 6.03 Å². The Kier molecular flexibility index (Phi) is 6.53. The van der Waals surface area contributed by atoms with Gasteiger partial charge in [0.15, 0.2) is 0 Å². The molecule has 1 heterocycles. The highest BCUT2D eigenvalue weighted by Gasteiger charge is 2.27. The number of nitrogens with zero attached hydrogens (tertiary/aromatic N) is 2. The molecule has 4 rings (SSSR count). The van der Waals surface area contributed by atoms with Gasteiger partial charge < -0.3 is 19.9 Å². The predicted octanol–water partition coefficient (Wildman–Crippen LogP) is 4.03. The highest BCUT2D eigenvalue weighted by molar-refractivity contribution is 5.74. The van der Waals surface area contributed by atoms with Gasteiger partial charge in [0.25, 0.3) is 0 Å². The zero-order valence-electron chi connectivity index (χ0n) is 17.5. The molecule has 2 aliphatic rings. The number of hydrogen-bond acceptors (Lipinski definition) is 3. The van der Waals surface area contributed by atoms with Crippen LogP contribution in [0.2, 0.25) is 0 Å². The third-order valence-electron chi connectivity index (χ3n) is 5.91. The van der Waals surface area contributed by atoms with Crippen molar-refractivity contribution < 1.29 is 13.9 Å². The van der Waals surface area contributed by atoms with Gasteiger partial charge in [-0.25, -0.2) is 9.18 Å². The molecule has 5 nitrogen and oxygen atoms in total. The van der Waals surface area contributed by atoms with Crippen molar-refractivity contribution in [1.29, 1.82) is 0 Å². The summed E-state index contributed by atoms with van der Waals surface area (Å²) in [6, 6.07) is 14.2. The third kappa shape index (κ3) is 5.51. The Morgan fingerprint density at radius 3 is 2.37 bits per heavy atom. The Hall–Kier alpha value is -2.60. The molecule has 30 heavy (non-hydrogen) atoms. The van der Waals surface area contributed by atoms with Crippen molar-refractivity contribution in [3.8, 4) is 5.75 Å². The first kappa shape index (κ1) is 20.7. The lowest BCUT2D eigenvalue weighted by atomic mass is 9.96. The minimum atomic E-state index is -0.264. The molecule has 1 saturated carbocycles. The molecule has 1 aliphatic carbocycles. The molecule has 0 radical (unpaired) electrons. The van der Waals surface area contributed by atoms with E-state index in [1.807, 2.05) is 29.2 Å². The molecule has 1 saturated heterocycles. The molecule has 2 aromatic rings. The van der Waals surface area contributed by atoms with Gasteiger partial charge >= 0.3 is 6.03 Å². The van der Waals surface area contributed by atoms with Crippen LogP contribution in [0.25, 0.3) is 0 Å². The molecule has 0 aromatic heterocycles. The Morgan fingerprint density at radius 1 is 1.10 bits per heavy atom. The maximum Gasteiger partial charge on any atom is 0.317 e. The maximum absolute atomic E-state index is 13.2. The standard InChI is InChI=1S/C24H30FN3O2/c1-27-14-20(15-27)17-28(16-19-5-9-21(25)10-6-19)24(29)26-13-18-7-11-23(12-8-18)30-22-3-2-4-22/h5-12,20,22H,2-4,13-17H2,1H3,(H,26,29). The van der Waals surface area contributed by atoms with E-state index in [9.17, 15) is 9.18 Å². The summed E-state index contributed by atoms with van der Waals surface area (Å²) >= 11 is 0. The first-order valence-electron chi connectivity index (χ1n) is 10.8. The van der Waals surface area contributed by atoms with Crippen LogP contribution in [0.1, 0.15) is 30.4 Å². The van der Waals surface area contributed by atoms with E-state index in [2.05, 4.69) is 17.3 Å². The first-order chi connectivity index (χ1) is 14.5. The summed E-state index contributed by atoms with van der Waals surface area (Å²) in [7, 11) is 2.08. The largest absolute Gasteiger partial charge is 0.490 e. The fraction of sp³-hybridized carbons (Fsp3) is 0.458. The van der Waals surface area contributed by atoms with Crippen LogP contribution in [0, 0.1) is 11.7 Å². The van der Waals surface area contributed by atoms with Crippen LogP contribution >= 0.6 is 0 Å². The number of rotatable bonds is 8. The lowest BCUT2D eigenvalue weighted by Gasteiger charge is -2.39. The SMILES string of the molecule is CN1CC(CN(Cc2ccc(F)cc2)C(=O)NCc2ccc(OC3CCC3)cc2)C1. The van der Waals surface area contributed by atoms with E-state index in [4.69, 9.17) is 4.74 Å². The summed E-state index contributed by atoms with van der Waals surface area (Å²) in [5, 5.41) is 3.04. The van der Waals surface area contributed by atoms with Crippen LogP contribution in [0.5, 0.6) is 5.75 Å². The molecule has 0 atom stereocenters. The number of hydrogen-bond donors (Lipinski definition) is 1. The number of carbonyl (C=O) groups excluding carboxylic acids is 1. The molecule has 2 fully saturated rings. The summed E-state index contributed by atoms with van der Waals surface area (Å²) in [5.74, 6) is 1.10. The number of ether oxygens (including phenoxy) is 1. The fourth-order valence-electron chi connectivity index (χ4n) is 3.94. The number of amides is 2. The second kappa shape index (κ2) is 9.47. The van der Waals surface area contributed by atoms with Crippen LogP contribution in [0.3, 0.4) is 0 Å². The molecular formula is C24H30FN3O2. The lowest BCUT2D eigenvalue weighted by molar-refractivity contribution is 0.0966. The van der Waals surface area contributed by atoms with Crippen LogP contribution in [-0.2, 0) is 13.1 Å². The Balaban J connectivity index is 1.32. The zero-order valence-corrected chi connectivity index (χ0v) is 17.5. The van der Waals surface area contributed by atoms with E-state index in [-0.39, 0.29) is 11.8 Å². The first-order valence-corrected chi connectivity index (χ1v) is 10.8. The molecule has 2 amide bonds. The van der Waals surface area contributed by atoms with Crippen LogP contribution in [0.4, 0.5) is 9.18 Å². The van der Waals surface area contributed by atoms with Crippen molar-refractivity contribution in [2.75, 3.05) is 26.7 Å². The number of urea groups is 1. The minimum absolute atomic E-state index is 0.0938. The number of halogens is 1. The van der Waals surface area contributed by atoms with Crippen molar-refractivity contribution in [2.24, 2.45) is 5.92 Å². The molecule has 160 valence electrons. The molecule has 1 N–H and O–H groups in total. The quantitative estimate of drug-likeness (QED) is 0.713. The van der Waals surface area contributed by atoms with Gasteiger partial charge in [0.2, 0.25) is 0 Å². The average Bonchev–Trinajstić information content (AvgIpc) is 2.69. The van der Waals surface area contributed by atoms with E-state index in [0.717, 1.165) is 42.8 Å². The van der Waals surface area contributed by atoms with Crippen LogP contribution < -0.4 is 10.1 Å². The number of nitrogens with one attached hydrogen (secondary N) is 1. The molecule has 2 aromatic carbocycles.